The van der Waals surface area contributed by atoms with Crippen molar-refractivity contribution >= 4 is 5.97 Å². The van der Waals surface area contributed by atoms with Crippen LogP contribution in [-0.4, -0.2) is 11.1 Å². The number of aliphatic carboxylic acids is 1. The van der Waals surface area contributed by atoms with E-state index in [-0.39, 0.29) is 11.8 Å². The number of carboxylic acids is 1. The van der Waals surface area contributed by atoms with Crippen LogP contribution >= 0.6 is 0 Å². The standard InChI is InChI=1S/C17H16O2/c18-16(19)12-17(10-11-17)15-9-5-4-8-14(15)13-6-2-1-3-7-13/h1-9H,10-12H2,(H,18,19). The second-order valence-corrected chi connectivity index (χ2v) is 5.26. The summed E-state index contributed by atoms with van der Waals surface area (Å²) < 4.78 is 0. The zero-order chi connectivity index (χ0) is 13.3. The minimum absolute atomic E-state index is 0.141. The van der Waals surface area contributed by atoms with Crippen LogP contribution < -0.4 is 0 Å². The first kappa shape index (κ1) is 12.0. The summed E-state index contributed by atoms with van der Waals surface area (Å²) in [7, 11) is 0. The third-order valence-electron chi connectivity index (χ3n) is 3.93. The minimum atomic E-state index is -0.708. The predicted molar refractivity (Wildman–Crippen MR) is 75.0 cm³/mol. The lowest BCUT2D eigenvalue weighted by Crippen LogP contribution is -2.14. The zero-order valence-electron chi connectivity index (χ0n) is 10.7. The van der Waals surface area contributed by atoms with Crippen molar-refractivity contribution in [2.75, 3.05) is 0 Å². The molecular weight excluding hydrogens is 236 g/mol. The Labute approximate surface area is 112 Å². The van der Waals surface area contributed by atoms with Crippen molar-refractivity contribution in [3.63, 3.8) is 0 Å². The van der Waals surface area contributed by atoms with Crippen LogP contribution in [0.25, 0.3) is 11.1 Å². The number of carbonyl (C=O) groups is 1. The summed E-state index contributed by atoms with van der Waals surface area (Å²) in [6.07, 6.45) is 2.18. The SMILES string of the molecule is O=C(O)CC1(c2ccccc2-c2ccccc2)CC1. The van der Waals surface area contributed by atoms with Gasteiger partial charge < -0.3 is 5.11 Å². The first-order valence-corrected chi connectivity index (χ1v) is 6.58. The molecule has 19 heavy (non-hydrogen) atoms. The van der Waals surface area contributed by atoms with Crippen molar-refractivity contribution < 1.29 is 9.90 Å². The molecule has 0 saturated heterocycles. The van der Waals surface area contributed by atoms with Crippen molar-refractivity contribution in [3.8, 4) is 11.1 Å². The van der Waals surface area contributed by atoms with E-state index in [0.29, 0.717) is 0 Å². The van der Waals surface area contributed by atoms with Crippen LogP contribution in [0, 0.1) is 0 Å². The van der Waals surface area contributed by atoms with Crippen LogP contribution in [-0.2, 0) is 10.2 Å². The maximum absolute atomic E-state index is 11.1. The average Bonchev–Trinajstić information content (AvgIpc) is 3.20. The van der Waals surface area contributed by atoms with E-state index in [2.05, 4.69) is 24.3 Å². The normalized spacial score (nSPS) is 16.0. The highest BCUT2D eigenvalue weighted by Gasteiger charge is 2.47. The summed E-state index contributed by atoms with van der Waals surface area (Å²) in [4.78, 5) is 11.1. The summed E-state index contributed by atoms with van der Waals surface area (Å²) in [5.74, 6) is -0.708. The molecule has 1 aliphatic rings. The Bertz CT molecular complexity index is 598. The Morgan fingerprint density at radius 3 is 2.26 bits per heavy atom. The summed E-state index contributed by atoms with van der Waals surface area (Å²) in [6, 6.07) is 18.4. The number of hydrogen-bond acceptors (Lipinski definition) is 1. The minimum Gasteiger partial charge on any atom is -0.481 e. The molecule has 0 heterocycles. The Balaban J connectivity index is 2.06. The van der Waals surface area contributed by atoms with Gasteiger partial charge in [-0.15, -0.1) is 0 Å². The largest absolute Gasteiger partial charge is 0.481 e. The maximum Gasteiger partial charge on any atom is 0.304 e. The van der Waals surface area contributed by atoms with Crippen molar-refractivity contribution in [2.24, 2.45) is 0 Å². The summed E-state index contributed by atoms with van der Waals surface area (Å²) >= 11 is 0. The third-order valence-corrected chi connectivity index (χ3v) is 3.93. The molecule has 0 atom stereocenters. The van der Waals surface area contributed by atoms with Crippen LogP contribution in [0.5, 0.6) is 0 Å². The van der Waals surface area contributed by atoms with Gasteiger partial charge >= 0.3 is 5.97 Å². The average molecular weight is 252 g/mol. The van der Waals surface area contributed by atoms with Gasteiger partial charge in [-0.2, -0.15) is 0 Å². The Morgan fingerprint density at radius 1 is 1.00 bits per heavy atom. The van der Waals surface area contributed by atoms with E-state index in [9.17, 15) is 4.79 Å². The maximum atomic E-state index is 11.1. The topological polar surface area (TPSA) is 37.3 Å². The van der Waals surface area contributed by atoms with Crippen molar-refractivity contribution in [1.82, 2.24) is 0 Å². The lowest BCUT2D eigenvalue weighted by Gasteiger charge is -2.18. The first-order valence-electron chi connectivity index (χ1n) is 6.58. The van der Waals surface area contributed by atoms with E-state index in [0.717, 1.165) is 18.4 Å². The van der Waals surface area contributed by atoms with Gasteiger partial charge in [-0.3, -0.25) is 4.79 Å². The molecule has 1 fully saturated rings. The summed E-state index contributed by atoms with van der Waals surface area (Å²) in [5, 5.41) is 9.11. The van der Waals surface area contributed by atoms with Gasteiger partial charge in [-0.25, -0.2) is 0 Å². The number of rotatable bonds is 4. The fourth-order valence-electron chi connectivity index (χ4n) is 2.80. The second-order valence-electron chi connectivity index (χ2n) is 5.26. The van der Waals surface area contributed by atoms with E-state index in [4.69, 9.17) is 5.11 Å². The quantitative estimate of drug-likeness (QED) is 0.897. The highest BCUT2D eigenvalue weighted by molar-refractivity contribution is 5.74. The Kier molecular flexibility index (Phi) is 2.86. The van der Waals surface area contributed by atoms with Gasteiger partial charge in [0.1, 0.15) is 0 Å². The highest BCUT2D eigenvalue weighted by Crippen LogP contribution is 2.53. The fraction of sp³-hybridized carbons (Fsp3) is 0.235. The third kappa shape index (κ3) is 2.26. The lowest BCUT2D eigenvalue weighted by molar-refractivity contribution is -0.137. The molecule has 1 saturated carbocycles. The molecule has 0 amide bonds. The molecule has 0 bridgehead atoms. The van der Waals surface area contributed by atoms with Gasteiger partial charge in [0.2, 0.25) is 0 Å². The van der Waals surface area contributed by atoms with Gasteiger partial charge in [0.05, 0.1) is 6.42 Å². The monoisotopic (exact) mass is 252 g/mol. The molecule has 0 unspecified atom stereocenters. The summed E-state index contributed by atoms with van der Waals surface area (Å²) in [5.41, 5.74) is 3.37. The van der Waals surface area contributed by atoms with E-state index < -0.39 is 5.97 Å². The van der Waals surface area contributed by atoms with E-state index in [1.807, 2.05) is 30.3 Å². The van der Waals surface area contributed by atoms with Crippen LogP contribution in [0.3, 0.4) is 0 Å². The molecule has 0 spiro atoms. The molecule has 1 N–H and O–H groups in total. The first-order chi connectivity index (χ1) is 9.21. The molecule has 1 aliphatic carbocycles. The Hall–Kier alpha value is -2.09. The van der Waals surface area contributed by atoms with Crippen LogP contribution in [0.4, 0.5) is 0 Å². The van der Waals surface area contributed by atoms with Crippen molar-refractivity contribution in [3.05, 3.63) is 60.2 Å². The number of benzene rings is 2. The molecule has 0 aliphatic heterocycles. The van der Waals surface area contributed by atoms with E-state index in [1.54, 1.807) is 0 Å². The van der Waals surface area contributed by atoms with Gasteiger partial charge in [-0.1, -0.05) is 54.6 Å². The van der Waals surface area contributed by atoms with E-state index in [1.165, 1.54) is 11.1 Å². The molecule has 3 rings (SSSR count). The highest BCUT2D eigenvalue weighted by atomic mass is 16.4. The lowest BCUT2D eigenvalue weighted by atomic mass is 9.86. The van der Waals surface area contributed by atoms with E-state index >= 15 is 0 Å². The van der Waals surface area contributed by atoms with Crippen LogP contribution in [0.2, 0.25) is 0 Å². The second kappa shape index (κ2) is 4.54. The molecule has 2 aromatic rings. The van der Waals surface area contributed by atoms with Crippen LogP contribution in [0.1, 0.15) is 24.8 Å². The molecule has 0 aromatic heterocycles. The smallest absolute Gasteiger partial charge is 0.304 e. The molecule has 2 aromatic carbocycles. The van der Waals surface area contributed by atoms with Gasteiger partial charge in [0.25, 0.3) is 0 Å². The summed E-state index contributed by atoms with van der Waals surface area (Å²) in [6.45, 7) is 0. The van der Waals surface area contributed by atoms with Gasteiger partial charge in [-0.05, 0) is 29.5 Å². The van der Waals surface area contributed by atoms with Crippen molar-refractivity contribution in [2.45, 2.75) is 24.7 Å². The van der Waals surface area contributed by atoms with Crippen molar-refractivity contribution in [1.29, 1.82) is 0 Å². The van der Waals surface area contributed by atoms with Gasteiger partial charge in [0.15, 0.2) is 0 Å². The number of carboxylic acid groups (broad SMARTS) is 1. The van der Waals surface area contributed by atoms with Gasteiger partial charge in [0, 0.05) is 5.41 Å². The number of hydrogen-bond donors (Lipinski definition) is 1. The molecule has 2 nitrogen and oxygen atoms in total. The zero-order valence-corrected chi connectivity index (χ0v) is 10.7. The van der Waals surface area contributed by atoms with Crippen LogP contribution in [0.15, 0.2) is 54.6 Å². The Morgan fingerprint density at radius 2 is 1.63 bits per heavy atom. The molecule has 0 radical (unpaired) electrons. The fourth-order valence-corrected chi connectivity index (χ4v) is 2.80. The molecule has 96 valence electrons. The molecule has 2 heteroatoms. The molecular formula is C17H16O2. The predicted octanol–water partition coefficient (Wildman–Crippen LogP) is 3.86.